The lowest BCUT2D eigenvalue weighted by Gasteiger charge is -2.37. The maximum absolute atomic E-state index is 12.8. The molecule has 128 valence electrons. The molecule has 1 aromatic carbocycles. The highest BCUT2D eigenvalue weighted by atomic mass is 79.9. The van der Waals surface area contributed by atoms with E-state index in [-0.39, 0.29) is 42.0 Å². The normalized spacial score (nSPS) is 37.1. The van der Waals surface area contributed by atoms with Crippen molar-refractivity contribution in [3.63, 3.8) is 0 Å². The molecule has 4 aliphatic carbocycles. The van der Waals surface area contributed by atoms with E-state index in [0.29, 0.717) is 17.6 Å². The third kappa shape index (κ3) is 2.23. The molecule has 0 radical (unpaired) electrons. The van der Waals surface area contributed by atoms with Crippen molar-refractivity contribution in [1.82, 2.24) is 4.90 Å². The predicted molar refractivity (Wildman–Crippen MR) is 91.2 cm³/mol. The van der Waals surface area contributed by atoms with Crippen molar-refractivity contribution >= 4 is 33.7 Å². The Morgan fingerprint density at radius 1 is 1.04 bits per heavy atom. The van der Waals surface area contributed by atoms with Gasteiger partial charge < -0.3 is 4.74 Å². The molecule has 3 fully saturated rings. The fraction of sp³-hybridized carbons (Fsp3) is 0.421. The van der Waals surface area contributed by atoms with Gasteiger partial charge in [-0.05, 0) is 54.4 Å². The highest BCUT2D eigenvalue weighted by Crippen LogP contribution is 2.65. The van der Waals surface area contributed by atoms with Crippen LogP contribution < -0.4 is 4.74 Å². The average molecular weight is 402 g/mol. The van der Waals surface area contributed by atoms with Gasteiger partial charge in [0.25, 0.3) is 0 Å². The number of likely N-dealkylation sites (tertiary alicyclic amines) is 1. The van der Waals surface area contributed by atoms with Crippen molar-refractivity contribution in [2.75, 3.05) is 6.54 Å². The Morgan fingerprint density at radius 3 is 2.16 bits per heavy atom. The minimum atomic E-state index is -0.590. The Kier molecular flexibility index (Phi) is 3.23. The smallest absolute Gasteiger partial charge is 0.331 e. The standard InChI is InChI=1S/C19H16BrNO4/c20-9-1-3-10(4-2-9)25-15(22)8-21-18(23)16-11-5-6-12(14-7-13(11)14)17(16)19(21)24/h1-6,11-14,16-17H,7-8H2/t11-,12+,13+,14-,16-,17+. The fourth-order valence-electron chi connectivity index (χ4n) is 4.97. The molecule has 5 aliphatic rings. The summed E-state index contributed by atoms with van der Waals surface area (Å²) in [5.74, 6) is 0.317. The molecular formula is C19H16BrNO4. The van der Waals surface area contributed by atoms with Gasteiger partial charge >= 0.3 is 5.97 Å². The lowest BCUT2D eigenvalue weighted by Crippen LogP contribution is -2.40. The Morgan fingerprint density at radius 2 is 1.60 bits per heavy atom. The first-order valence-electron chi connectivity index (χ1n) is 8.54. The average Bonchev–Trinajstić information content (AvgIpc) is 3.38. The number of esters is 1. The molecule has 0 spiro atoms. The second-order valence-corrected chi connectivity index (χ2v) is 8.26. The van der Waals surface area contributed by atoms with E-state index in [2.05, 4.69) is 28.1 Å². The van der Waals surface area contributed by atoms with Crippen LogP contribution in [0.5, 0.6) is 5.75 Å². The number of benzene rings is 1. The lowest BCUT2D eigenvalue weighted by molar-refractivity contribution is -0.148. The highest BCUT2D eigenvalue weighted by Gasteiger charge is 2.67. The molecule has 2 saturated carbocycles. The number of hydrogen-bond donors (Lipinski definition) is 0. The van der Waals surface area contributed by atoms with Gasteiger partial charge in [-0.25, -0.2) is 4.79 Å². The molecule has 6 rings (SSSR count). The zero-order chi connectivity index (χ0) is 17.3. The molecule has 1 heterocycles. The van der Waals surface area contributed by atoms with Crippen LogP contribution in [-0.4, -0.2) is 29.2 Å². The van der Waals surface area contributed by atoms with Crippen molar-refractivity contribution in [1.29, 1.82) is 0 Å². The molecular weight excluding hydrogens is 386 g/mol. The topological polar surface area (TPSA) is 63.7 Å². The SMILES string of the molecule is O=C(CN1C(=O)[C@@H]2[C@@H]3C=C[C@@H]([C@H]4C[C@@H]34)[C@@H]2C1=O)Oc1ccc(Br)cc1. The number of amides is 2. The summed E-state index contributed by atoms with van der Waals surface area (Å²) in [5, 5.41) is 0. The van der Waals surface area contributed by atoms with E-state index >= 15 is 0 Å². The lowest BCUT2D eigenvalue weighted by atomic mass is 9.63. The van der Waals surface area contributed by atoms with Gasteiger partial charge in [0.2, 0.25) is 11.8 Å². The van der Waals surface area contributed by atoms with E-state index in [1.807, 2.05) is 0 Å². The van der Waals surface area contributed by atoms with Crippen molar-refractivity contribution in [2.24, 2.45) is 35.5 Å². The van der Waals surface area contributed by atoms with Gasteiger partial charge in [0.15, 0.2) is 0 Å². The number of halogens is 1. The fourth-order valence-corrected chi connectivity index (χ4v) is 5.23. The van der Waals surface area contributed by atoms with Gasteiger partial charge in [-0.15, -0.1) is 0 Å². The van der Waals surface area contributed by atoms with Crippen molar-refractivity contribution in [3.05, 3.63) is 40.9 Å². The maximum Gasteiger partial charge on any atom is 0.331 e. The maximum atomic E-state index is 12.8. The molecule has 1 aliphatic heterocycles. The first-order chi connectivity index (χ1) is 12.0. The number of rotatable bonds is 3. The predicted octanol–water partition coefficient (Wildman–Crippen LogP) is 2.41. The molecule has 0 unspecified atom stereocenters. The summed E-state index contributed by atoms with van der Waals surface area (Å²) in [4.78, 5) is 38.9. The van der Waals surface area contributed by atoms with Crippen molar-refractivity contribution < 1.29 is 19.1 Å². The largest absolute Gasteiger partial charge is 0.425 e. The van der Waals surface area contributed by atoms with E-state index in [1.165, 1.54) is 0 Å². The minimum Gasteiger partial charge on any atom is -0.425 e. The van der Waals surface area contributed by atoms with Crippen LogP contribution in [0.25, 0.3) is 0 Å². The van der Waals surface area contributed by atoms with E-state index in [0.717, 1.165) is 15.8 Å². The number of imide groups is 1. The summed E-state index contributed by atoms with van der Waals surface area (Å²) in [6, 6.07) is 6.85. The molecule has 25 heavy (non-hydrogen) atoms. The first-order valence-corrected chi connectivity index (χ1v) is 9.33. The summed E-state index contributed by atoms with van der Waals surface area (Å²) < 4.78 is 6.14. The number of allylic oxidation sites excluding steroid dienone is 2. The molecule has 5 nitrogen and oxygen atoms in total. The summed E-state index contributed by atoms with van der Waals surface area (Å²) in [5.41, 5.74) is 0. The third-order valence-electron chi connectivity index (χ3n) is 6.09. The number of nitrogens with zero attached hydrogens (tertiary/aromatic N) is 1. The summed E-state index contributed by atoms with van der Waals surface area (Å²) in [6.07, 6.45) is 5.37. The van der Waals surface area contributed by atoms with E-state index in [1.54, 1.807) is 24.3 Å². The molecule has 2 amide bonds. The first kappa shape index (κ1) is 15.3. The van der Waals surface area contributed by atoms with Crippen LogP contribution in [0.15, 0.2) is 40.9 Å². The molecule has 1 aromatic rings. The van der Waals surface area contributed by atoms with Crippen molar-refractivity contribution in [3.8, 4) is 5.75 Å². The van der Waals surface area contributed by atoms with Crippen LogP contribution in [0.4, 0.5) is 0 Å². The second kappa shape index (κ2) is 5.27. The highest BCUT2D eigenvalue weighted by molar-refractivity contribution is 9.10. The molecule has 1 saturated heterocycles. The Balaban J connectivity index is 1.32. The van der Waals surface area contributed by atoms with Crippen LogP contribution in [0, 0.1) is 35.5 Å². The van der Waals surface area contributed by atoms with E-state index < -0.39 is 5.97 Å². The van der Waals surface area contributed by atoms with Crippen LogP contribution in [-0.2, 0) is 14.4 Å². The van der Waals surface area contributed by atoms with Gasteiger partial charge in [-0.2, -0.15) is 0 Å². The Bertz CT molecular complexity index is 781. The van der Waals surface area contributed by atoms with Crippen LogP contribution in [0.2, 0.25) is 0 Å². The molecule has 0 N–H and O–H groups in total. The van der Waals surface area contributed by atoms with Gasteiger partial charge in [0.1, 0.15) is 12.3 Å². The third-order valence-corrected chi connectivity index (χ3v) is 6.62. The van der Waals surface area contributed by atoms with Crippen LogP contribution in [0.1, 0.15) is 6.42 Å². The zero-order valence-electron chi connectivity index (χ0n) is 13.3. The second-order valence-electron chi connectivity index (χ2n) is 7.35. The van der Waals surface area contributed by atoms with E-state index in [4.69, 9.17) is 4.74 Å². The van der Waals surface area contributed by atoms with E-state index in [9.17, 15) is 14.4 Å². The molecule has 0 aromatic heterocycles. The van der Waals surface area contributed by atoms with Crippen LogP contribution in [0.3, 0.4) is 0 Å². The number of carbonyl (C=O) groups excluding carboxylic acids is 3. The number of ether oxygens (including phenoxy) is 1. The Labute approximate surface area is 153 Å². The van der Waals surface area contributed by atoms with Gasteiger partial charge in [0.05, 0.1) is 11.8 Å². The summed E-state index contributed by atoms with van der Waals surface area (Å²) in [6.45, 7) is -0.310. The molecule has 6 heteroatoms. The minimum absolute atomic E-state index is 0.170. The number of carbonyl (C=O) groups is 3. The quantitative estimate of drug-likeness (QED) is 0.337. The van der Waals surface area contributed by atoms with Gasteiger partial charge in [0, 0.05) is 4.47 Å². The van der Waals surface area contributed by atoms with Gasteiger partial charge in [-0.1, -0.05) is 28.1 Å². The number of hydrogen-bond acceptors (Lipinski definition) is 4. The summed E-state index contributed by atoms with van der Waals surface area (Å²) in [7, 11) is 0. The monoisotopic (exact) mass is 401 g/mol. The Hall–Kier alpha value is -1.95. The van der Waals surface area contributed by atoms with Gasteiger partial charge in [-0.3, -0.25) is 14.5 Å². The van der Waals surface area contributed by atoms with Crippen LogP contribution >= 0.6 is 15.9 Å². The summed E-state index contributed by atoms with van der Waals surface area (Å²) >= 11 is 3.31. The molecule has 2 bridgehead atoms. The zero-order valence-corrected chi connectivity index (χ0v) is 14.9. The van der Waals surface area contributed by atoms with Crippen molar-refractivity contribution in [2.45, 2.75) is 6.42 Å². The molecule has 6 atom stereocenters.